The van der Waals surface area contributed by atoms with Crippen LogP contribution in [-0.4, -0.2) is 19.2 Å². The van der Waals surface area contributed by atoms with Gasteiger partial charge in [-0.05, 0) is 32.0 Å². The Morgan fingerprint density at radius 1 is 1.24 bits per heavy atom. The largest absolute Gasteiger partial charge is 0.485 e. The first-order valence-electron chi connectivity index (χ1n) is 6.97. The molecular formula is C16H18ClNO3. The molecule has 3 rings (SSSR count). The van der Waals surface area contributed by atoms with Crippen LogP contribution in [0.15, 0.2) is 28.7 Å². The molecule has 1 saturated heterocycles. The summed E-state index contributed by atoms with van der Waals surface area (Å²) in [7, 11) is 0. The molecule has 0 atom stereocenters. The lowest BCUT2D eigenvalue weighted by molar-refractivity contribution is 0.134. The van der Waals surface area contributed by atoms with E-state index in [-0.39, 0.29) is 6.10 Å². The monoisotopic (exact) mass is 307 g/mol. The SMILES string of the molecule is Cc1cc(COc2ccc(Cl)cc2OC2CNC2)c(C)o1. The number of rotatable bonds is 5. The maximum atomic E-state index is 6.04. The quantitative estimate of drug-likeness (QED) is 0.918. The van der Waals surface area contributed by atoms with Crippen LogP contribution in [0.25, 0.3) is 0 Å². The van der Waals surface area contributed by atoms with Gasteiger partial charge in [-0.25, -0.2) is 0 Å². The van der Waals surface area contributed by atoms with Crippen LogP contribution in [0.2, 0.25) is 5.02 Å². The van der Waals surface area contributed by atoms with Gasteiger partial charge < -0.3 is 19.2 Å². The zero-order valence-corrected chi connectivity index (χ0v) is 12.9. The Hall–Kier alpha value is -1.65. The van der Waals surface area contributed by atoms with Gasteiger partial charge in [-0.3, -0.25) is 0 Å². The van der Waals surface area contributed by atoms with E-state index >= 15 is 0 Å². The summed E-state index contributed by atoms with van der Waals surface area (Å²) in [6, 6.07) is 7.42. The summed E-state index contributed by atoms with van der Waals surface area (Å²) in [5.74, 6) is 3.16. The maximum Gasteiger partial charge on any atom is 0.163 e. The molecule has 21 heavy (non-hydrogen) atoms. The predicted octanol–water partition coefficient (Wildman–Crippen LogP) is 3.48. The zero-order chi connectivity index (χ0) is 14.8. The molecule has 0 saturated carbocycles. The van der Waals surface area contributed by atoms with Gasteiger partial charge in [0.1, 0.15) is 24.2 Å². The number of ether oxygens (including phenoxy) is 2. The van der Waals surface area contributed by atoms with E-state index in [9.17, 15) is 0 Å². The first-order valence-corrected chi connectivity index (χ1v) is 7.35. The van der Waals surface area contributed by atoms with E-state index in [0.717, 1.165) is 30.2 Å². The molecule has 0 aliphatic carbocycles. The molecule has 0 unspecified atom stereocenters. The van der Waals surface area contributed by atoms with Gasteiger partial charge in [0.2, 0.25) is 0 Å². The van der Waals surface area contributed by atoms with Gasteiger partial charge in [-0.1, -0.05) is 11.6 Å². The van der Waals surface area contributed by atoms with Crippen LogP contribution in [0.1, 0.15) is 17.1 Å². The summed E-state index contributed by atoms with van der Waals surface area (Å²) in [6.07, 6.45) is 0.184. The minimum absolute atomic E-state index is 0.184. The highest BCUT2D eigenvalue weighted by molar-refractivity contribution is 6.30. The Kier molecular flexibility index (Phi) is 4.08. The Morgan fingerprint density at radius 2 is 2.05 bits per heavy atom. The van der Waals surface area contributed by atoms with Crippen molar-refractivity contribution >= 4 is 11.6 Å². The van der Waals surface area contributed by atoms with E-state index in [2.05, 4.69) is 5.32 Å². The van der Waals surface area contributed by atoms with Gasteiger partial charge in [0, 0.05) is 29.7 Å². The van der Waals surface area contributed by atoms with E-state index in [1.165, 1.54) is 0 Å². The fraction of sp³-hybridized carbons (Fsp3) is 0.375. The summed E-state index contributed by atoms with van der Waals surface area (Å²) in [6.45, 7) is 6.02. The van der Waals surface area contributed by atoms with E-state index in [4.69, 9.17) is 25.5 Å². The summed E-state index contributed by atoms with van der Waals surface area (Å²) in [5, 5.41) is 3.81. The third kappa shape index (κ3) is 3.34. The van der Waals surface area contributed by atoms with E-state index in [1.54, 1.807) is 12.1 Å². The van der Waals surface area contributed by atoms with Crippen molar-refractivity contribution in [2.75, 3.05) is 13.1 Å². The van der Waals surface area contributed by atoms with E-state index in [0.29, 0.717) is 23.1 Å². The van der Waals surface area contributed by atoms with Crippen molar-refractivity contribution in [3.05, 3.63) is 46.4 Å². The maximum absolute atomic E-state index is 6.04. The molecule has 0 radical (unpaired) electrons. The fourth-order valence-electron chi connectivity index (χ4n) is 2.20. The number of hydrogen-bond acceptors (Lipinski definition) is 4. The highest BCUT2D eigenvalue weighted by atomic mass is 35.5. The standard InChI is InChI=1S/C16H18ClNO3/c1-10-5-12(11(2)20-10)9-19-15-4-3-13(17)6-16(15)21-14-7-18-8-14/h3-6,14,18H,7-9H2,1-2H3. The predicted molar refractivity (Wildman–Crippen MR) is 81.3 cm³/mol. The van der Waals surface area contributed by atoms with Crippen molar-refractivity contribution in [2.45, 2.75) is 26.6 Å². The van der Waals surface area contributed by atoms with Gasteiger partial charge >= 0.3 is 0 Å². The van der Waals surface area contributed by atoms with Crippen LogP contribution in [0.5, 0.6) is 11.5 Å². The Labute approximate surface area is 129 Å². The summed E-state index contributed by atoms with van der Waals surface area (Å²) < 4.78 is 17.3. The lowest BCUT2D eigenvalue weighted by Crippen LogP contribution is -2.50. The normalized spacial score (nSPS) is 14.8. The van der Waals surface area contributed by atoms with Gasteiger partial charge in [-0.15, -0.1) is 0 Å². The number of nitrogens with one attached hydrogen (secondary N) is 1. The van der Waals surface area contributed by atoms with Gasteiger partial charge in [0.25, 0.3) is 0 Å². The van der Waals surface area contributed by atoms with Crippen LogP contribution in [0.4, 0.5) is 0 Å². The topological polar surface area (TPSA) is 43.6 Å². The molecule has 112 valence electrons. The number of halogens is 1. The highest BCUT2D eigenvalue weighted by Gasteiger charge is 2.20. The molecule has 1 N–H and O–H groups in total. The second-order valence-corrected chi connectivity index (χ2v) is 5.65. The Balaban J connectivity index is 1.73. The number of furan rings is 1. The molecule has 2 aromatic rings. The molecule has 2 heterocycles. The molecular weight excluding hydrogens is 290 g/mol. The van der Waals surface area contributed by atoms with Crippen molar-refractivity contribution in [3.8, 4) is 11.5 Å². The van der Waals surface area contributed by atoms with Crippen LogP contribution < -0.4 is 14.8 Å². The Morgan fingerprint density at radius 3 is 2.67 bits per heavy atom. The molecule has 1 fully saturated rings. The van der Waals surface area contributed by atoms with Gasteiger partial charge in [0.05, 0.1) is 0 Å². The minimum atomic E-state index is 0.184. The zero-order valence-electron chi connectivity index (χ0n) is 12.1. The number of hydrogen-bond donors (Lipinski definition) is 1. The van der Waals surface area contributed by atoms with Gasteiger partial charge in [0.15, 0.2) is 11.5 Å². The average Bonchev–Trinajstić information content (AvgIpc) is 2.71. The van der Waals surface area contributed by atoms with Crippen LogP contribution in [0.3, 0.4) is 0 Å². The molecule has 0 spiro atoms. The summed E-state index contributed by atoms with van der Waals surface area (Å²) >= 11 is 6.04. The van der Waals surface area contributed by atoms with Gasteiger partial charge in [-0.2, -0.15) is 0 Å². The molecule has 1 aromatic heterocycles. The smallest absolute Gasteiger partial charge is 0.163 e. The molecule has 5 heteroatoms. The second-order valence-electron chi connectivity index (χ2n) is 5.22. The summed E-state index contributed by atoms with van der Waals surface area (Å²) in [5.41, 5.74) is 1.04. The molecule has 0 amide bonds. The third-order valence-electron chi connectivity index (χ3n) is 3.47. The highest BCUT2D eigenvalue weighted by Crippen LogP contribution is 2.32. The van der Waals surface area contributed by atoms with Crippen LogP contribution in [-0.2, 0) is 6.61 Å². The van der Waals surface area contributed by atoms with Crippen LogP contribution >= 0.6 is 11.6 Å². The lowest BCUT2D eigenvalue weighted by Gasteiger charge is -2.28. The average molecular weight is 308 g/mol. The Bertz CT molecular complexity index is 634. The molecule has 1 aromatic carbocycles. The molecule has 1 aliphatic heterocycles. The minimum Gasteiger partial charge on any atom is -0.485 e. The molecule has 0 bridgehead atoms. The third-order valence-corrected chi connectivity index (χ3v) is 3.71. The van der Waals surface area contributed by atoms with E-state index in [1.807, 2.05) is 26.0 Å². The molecule has 4 nitrogen and oxygen atoms in total. The van der Waals surface area contributed by atoms with Crippen LogP contribution in [0, 0.1) is 13.8 Å². The first kappa shape index (κ1) is 14.3. The number of aryl methyl sites for hydroxylation is 2. The number of benzene rings is 1. The fourth-order valence-corrected chi connectivity index (χ4v) is 2.36. The van der Waals surface area contributed by atoms with Crippen molar-refractivity contribution in [2.24, 2.45) is 0 Å². The van der Waals surface area contributed by atoms with Crippen molar-refractivity contribution < 1.29 is 13.9 Å². The van der Waals surface area contributed by atoms with Crippen molar-refractivity contribution in [3.63, 3.8) is 0 Å². The van der Waals surface area contributed by atoms with E-state index < -0.39 is 0 Å². The van der Waals surface area contributed by atoms with Crippen molar-refractivity contribution in [1.29, 1.82) is 0 Å². The molecule has 1 aliphatic rings. The second kappa shape index (κ2) is 6.00. The summed E-state index contributed by atoms with van der Waals surface area (Å²) in [4.78, 5) is 0. The first-order chi connectivity index (χ1) is 10.1. The lowest BCUT2D eigenvalue weighted by atomic mass is 10.2. The van der Waals surface area contributed by atoms with Crippen molar-refractivity contribution in [1.82, 2.24) is 5.32 Å².